The summed E-state index contributed by atoms with van der Waals surface area (Å²) >= 11 is 3.14. The van der Waals surface area contributed by atoms with Crippen LogP contribution in [-0.2, 0) is 10.0 Å². The van der Waals surface area contributed by atoms with Crippen LogP contribution in [0.4, 0.5) is 14.5 Å². The van der Waals surface area contributed by atoms with Gasteiger partial charge in [-0.2, -0.15) is 0 Å². The van der Waals surface area contributed by atoms with E-state index < -0.39 is 27.3 Å². The number of anilines is 1. The van der Waals surface area contributed by atoms with Crippen LogP contribution in [0.2, 0.25) is 0 Å². The molecule has 0 spiro atoms. The summed E-state index contributed by atoms with van der Waals surface area (Å²) in [7, 11) is -3.96. The van der Waals surface area contributed by atoms with E-state index in [1.807, 2.05) is 4.72 Å². The number of benzene rings is 2. The van der Waals surface area contributed by atoms with E-state index in [2.05, 4.69) is 15.9 Å². The highest BCUT2D eigenvalue weighted by Crippen LogP contribution is 2.22. The molecule has 19 heavy (non-hydrogen) atoms. The molecule has 2 rings (SSSR count). The monoisotopic (exact) mass is 347 g/mol. The summed E-state index contributed by atoms with van der Waals surface area (Å²) in [6.07, 6.45) is 0. The van der Waals surface area contributed by atoms with Gasteiger partial charge in [0.25, 0.3) is 10.0 Å². The first-order valence-corrected chi connectivity index (χ1v) is 7.40. The minimum Gasteiger partial charge on any atom is -0.277 e. The van der Waals surface area contributed by atoms with Crippen LogP contribution < -0.4 is 4.72 Å². The average Bonchev–Trinajstić information content (AvgIpc) is 2.35. The van der Waals surface area contributed by atoms with Gasteiger partial charge in [0.15, 0.2) is 11.6 Å². The highest BCUT2D eigenvalue weighted by Gasteiger charge is 2.17. The number of sulfonamides is 1. The maximum atomic E-state index is 13.4. The third-order valence-corrected chi connectivity index (χ3v) is 4.16. The predicted octanol–water partition coefficient (Wildman–Crippen LogP) is 3.53. The van der Waals surface area contributed by atoms with Gasteiger partial charge in [-0.3, -0.25) is 4.72 Å². The van der Waals surface area contributed by atoms with Crippen LogP contribution in [0.25, 0.3) is 0 Å². The molecule has 0 saturated carbocycles. The Hall–Kier alpha value is -1.47. The summed E-state index contributed by atoms with van der Waals surface area (Å²) in [5.74, 6) is -2.35. The number of rotatable bonds is 3. The Labute approximate surface area is 117 Å². The molecule has 0 radical (unpaired) electrons. The van der Waals surface area contributed by atoms with Crippen LogP contribution in [0, 0.1) is 11.6 Å². The van der Waals surface area contributed by atoms with Gasteiger partial charge in [-0.05, 0) is 30.3 Å². The Bertz CT molecular complexity index is 719. The molecule has 2 aromatic carbocycles. The molecule has 0 amide bonds. The zero-order valence-electron chi connectivity index (χ0n) is 9.40. The summed E-state index contributed by atoms with van der Waals surface area (Å²) in [6, 6.07) is 9.17. The highest BCUT2D eigenvalue weighted by atomic mass is 79.9. The van der Waals surface area contributed by atoms with Crippen LogP contribution >= 0.6 is 15.9 Å². The van der Waals surface area contributed by atoms with Crippen molar-refractivity contribution in [1.82, 2.24) is 0 Å². The Balaban J connectivity index is 2.39. The molecular weight excluding hydrogens is 340 g/mol. The molecule has 0 heterocycles. The lowest BCUT2D eigenvalue weighted by atomic mass is 10.3. The molecule has 0 atom stereocenters. The van der Waals surface area contributed by atoms with Crippen molar-refractivity contribution in [3.63, 3.8) is 0 Å². The third kappa shape index (κ3) is 3.10. The van der Waals surface area contributed by atoms with Gasteiger partial charge in [-0.25, -0.2) is 17.2 Å². The van der Waals surface area contributed by atoms with Crippen molar-refractivity contribution in [3.8, 4) is 0 Å². The molecule has 0 unspecified atom stereocenters. The van der Waals surface area contributed by atoms with Crippen molar-refractivity contribution in [2.45, 2.75) is 4.90 Å². The first-order chi connectivity index (χ1) is 8.90. The Morgan fingerprint density at radius 1 is 1.05 bits per heavy atom. The zero-order valence-corrected chi connectivity index (χ0v) is 11.8. The molecule has 0 aliphatic heterocycles. The second-order valence-electron chi connectivity index (χ2n) is 3.66. The molecule has 100 valence electrons. The predicted molar refractivity (Wildman–Crippen MR) is 71.3 cm³/mol. The van der Waals surface area contributed by atoms with E-state index >= 15 is 0 Å². The lowest BCUT2D eigenvalue weighted by molar-refractivity contribution is 0.511. The van der Waals surface area contributed by atoms with Gasteiger partial charge in [-0.1, -0.05) is 28.1 Å². The molecule has 3 nitrogen and oxygen atoms in total. The maximum Gasteiger partial charge on any atom is 0.262 e. The molecule has 0 fully saturated rings. The van der Waals surface area contributed by atoms with Gasteiger partial charge >= 0.3 is 0 Å². The van der Waals surface area contributed by atoms with Crippen LogP contribution in [0.5, 0.6) is 0 Å². The number of nitrogens with one attached hydrogen (secondary N) is 1. The van der Waals surface area contributed by atoms with E-state index in [1.165, 1.54) is 24.3 Å². The molecule has 1 N–H and O–H groups in total. The van der Waals surface area contributed by atoms with Crippen LogP contribution in [0.1, 0.15) is 0 Å². The minimum atomic E-state index is -3.96. The summed E-state index contributed by atoms with van der Waals surface area (Å²) in [5.41, 5.74) is -0.431. The van der Waals surface area contributed by atoms with E-state index in [1.54, 1.807) is 6.07 Å². The minimum absolute atomic E-state index is 0.0504. The summed E-state index contributed by atoms with van der Waals surface area (Å²) in [6.45, 7) is 0. The van der Waals surface area contributed by atoms with Crippen molar-refractivity contribution >= 4 is 31.6 Å². The van der Waals surface area contributed by atoms with Crippen molar-refractivity contribution in [2.24, 2.45) is 0 Å². The molecule has 0 aliphatic rings. The molecule has 7 heteroatoms. The fraction of sp³-hybridized carbons (Fsp3) is 0. The summed E-state index contributed by atoms with van der Waals surface area (Å²) < 4.78 is 53.0. The molecule has 0 aromatic heterocycles. The van der Waals surface area contributed by atoms with Gasteiger partial charge in [0.05, 0.1) is 10.6 Å². The zero-order chi connectivity index (χ0) is 14.0. The van der Waals surface area contributed by atoms with Crippen LogP contribution in [0.3, 0.4) is 0 Å². The molecule has 2 aromatic rings. The van der Waals surface area contributed by atoms with Crippen molar-refractivity contribution in [3.05, 3.63) is 58.6 Å². The molecular formula is C12H8BrF2NO2S. The SMILES string of the molecule is O=S(=O)(Nc1cccc(F)c1F)c1cccc(Br)c1. The van der Waals surface area contributed by atoms with Gasteiger partial charge in [0, 0.05) is 4.47 Å². The summed E-state index contributed by atoms with van der Waals surface area (Å²) in [4.78, 5) is -0.0504. The highest BCUT2D eigenvalue weighted by molar-refractivity contribution is 9.10. The normalized spacial score (nSPS) is 11.3. The maximum absolute atomic E-state index is 13.4. The second-order valence-corrected chi connectivity index (χ2v) is 6.26. The summed E-state index contributed by atoms with van der Waals surface area (Å²) in [5, 5.41) is 0. The topological polar surface area (TPSA) is 46.2 Å². The van der Waals surface area contributed by atoms with Gasteiger partial charge < -0.3 is 0 Å². The molecule has 0 bridgehead atoms. The van der Waals surface area contributed by atoms with Gasteiger partial charge in [0.1, 0.15) is 0 Å². The molecule has 0 saturated heterocycles. The average molecular weight is 348 g/mol. The van der Waals surface area contributed by atoms with Crippen LogP contribution in [-0.4, -0.2) is 8.42 Å². The van der Waals surface area contributed by atoms with Crippen molar-refractivity contribution in [2.75, 3.05) is 4.72 Å². The van der Waals surface area contributed by atoms with E-state index in [4.69, 9.17) is 0 Å². The Morgan fingerprint density at radius 2 is 1.74 bits per heavy atom. The number of hydrogen-bond acceptors (Lipinski definition) is 2. The van der Waals surface area contributed by atoms with E-state index in [0.717, 1.165) is 12.1 Å². The van der Waals surface area contributed by atoms with Gasteiger partial charge in [0.2, 0.25) is 0 Å². The first kappa shape index (κ1) is 14.0. The van der Waals surface area contributed by atoms with Crippen molar-refractivity contribution < 1.29 is 17.2 Å². The fourth-order valence-electron chi connectivity index (χ4n) is 1.42. The fourth-order valence-corrected chi connectivity index (χ4v) is 3.08. The third-order valence-electron chi connectivity index (χ3n) is 2.30. The van der Waals surface area contributed by atoms with E-state index in [9.17, 15) is 17.2 Å². The Kier molecular flexibility index (Phi) is 3.86. The first-order valence-electron chi connectivity index (χ1n) is 5.12. The standard InChI is InChI=1S/C12H8BrF2NO2S/c13-8-3-1-4-9(7-8)19(17,18)16-11-6-2-5-10(14)12(11)15/h1-7,16H. The molecule has 0 aliphatic carbocycles. The largest absolute Gasteiger partial charge is 0.277 e. The number of halogens is 3. The van der Waals surface area contributed by atoms with Crippen LogP contribution in [0.15, 0.2) is 51.8 Å². The lowest BCUT2D eigenvalue weighted by Gasteiger charge is -2.09. The Morgan fingerprint density at radius 3 is 2.42 bits per heavy atom. The number of hydrogen-bond donors (Lipinski definition) is 1. The van der Waals surface area contributed by atoms with Gasteiger partial charge in [-0.15, -0.1) is 0 Å². The van der Waals surface area contributed by atoms with E-state index in [-0.39, 0.29) is 4.90 Å². The smallest absolute Gasteiger partial charge is 0.262 e. The van der Waals surface area contributed by atoms with E-state index in [0.29, 0.717) is 4.47 Å². The second kappa shape index (κ2) is 5.26. The quantitative estimate of drug-likeness (QED) is 0.923. The van der Waals surface area contributed by atoms with Crippen molar-refractivity contribution in [1.29, 1.82) is 0 Å². The lowest BCUT2D eigenvalue weighted by Crippen LogP contribution is -2.14.